The van der Waals surface area contributed by atoms with E-state index in [-0.39, 0.29) is 5.25 Å². The second-order valence-corrected chi connectivity index (χ2v) is 10.2. The van der Waals surface area contributed by atoms with Gasteiger partial charge >= 0.3 is 0 Å². The van der Waals surface area contributed by atoms with Gasteiger partial charge in [0.1, 0.15) is 17.5 Å². The largest absolute Gasteiger partial charge is 0.489 e. The van der Waals surface area contributed by atoms with E-state index in [1.807, 2.05) is 66.7 Å². The number of ether oxygens (including phenoxy) is 1. The lowest BCUT2D eigenvalue weighted by Gasteiger charge is -2.19. The summed E-state index contributed by atoms with van der Waals surface area (Å²) in [5.74, 6) is 0.772. The van der Waals surface area contributed by atoms with Gasteiger partial charge in [0.2, 0.25) is 0 Å². The number of hydrogen-bond acceptors (Lipinski definition) is 4. The Balaban J connectivity index is 1.42. The lowest BCUT2D eigenvalue weighted by molar-refractivity contribution is 0.306. The maximum absolute atomic E-state index is 6.59. The summed E-state index contributed by atoms with van der Waals surface area (Å²) >= 11 is 20.8. The molecule has 170 valence electrons. The summed E-state index contributed by atoms with van der Waals surface area (Å²) < 4.78 is 5.92. The van der Waals surface area contributed by atoms with Gasteiger partial charge in [0.25, 0.3) is 0 Å². The van der Waals surface area contributed by atoms with Crippen molar-refractivity contribution >= 4 is 58.0 Å². The van der Waals surface area contributed by atoms with Crippen LogP contribution in [0.4, 0.5) is 5.69 Å². The third-order valence-corrected chi connectivity index (χ3v) is 7.64. The summed E-state index contributed by atoms with van der Waals surface area (Å²) in [5.41, 5.74) is 4.85. The number of para-hydroxylation sites is 1. The van der Waals surface area contributed by atoms with Gasteiger partial charge in [0.15, 0.2) is 0 Å². The molecule has 1 atom stereocenters. The number of hydrogen-bond donors (Lipinski definition) is 0. The molecule has 0 saturated carbocycles. The van der Waals surface area contributed by atoms with E-state index < -0.39 is 0 Å². The molecule has 0 spiro atoms. The zero-order valence-corrected chi connectivity index (χ0v) is 21.0. The number of aliphatic imine (C=N–C) groups is 1. The van der Waals surface area contributed by atoms with E-state index in [1.54, 1.807) is 24.0 Å². The van der Waals surface area contributed by atoms with Gasteiger partial charge < -0.3 is 4.74 Å². The van der Waals surface area contributed by atoms with Gasteiger partial charge in [-0.1, -0.05) is 59.1 Å². The molecule has 7 heteroatoms. The van der Waals surface area contributed by atoms with Gasteiger partial charge in [-0.2, -0.15) is 0 Å². The highest BCUT2D eigenvalue weighted by atomic mass is 35.5. The molecule has 0 bridgehead atoms. The molecule has 0 fully saturated rings. The quantitative estimate of drug-likeness (QED) is 0.244. The Morgan fingerprint density at radius 3 is 2.35 bits per heavy atom. The van der Waals surface area contributed by atoms with Gasteiger partial charge in [-0.3, -0.25) is 4.99 Å². The van der Waals surface area contributed by atoms with Crippen molar-refractivity contribution in [3.8, 4) is 5.75 Å². The van der Waals surface area contributed by atoms with E-state index in [0.29, 0.717) is 28.2 Å². The molecule has 1 aliphatic heterocycles. The van der Waals surface area contributed by atoms with Crippen molar-refractivity contribution in [2.75, 3.05) is 0 Å². The number of aromatic nitrogens is 1. The van der Waals surface area contributed by atoms with Gasteiger partial charge in [0, 0.05) is 49.6 Å². The molecule has 3 nitrogen and oxygen atoms in total. The Bertz CT molecular complexity index is 1320. The summed E-state index contributed by atoms with van der Waals surface area (Å²) in [6, 6.07) is 25.5. The van der Waals surface area contributed by atoms with E-state index in [1.165, 1.54) is 0 Å². The number of pyridine rings is 1. The van der Waals surface area contributed by atoms with Crippen LogP contribution in [-0.2, 0) is 6.61 Å². The Morgan fingerprint density at radius 1 is 0.853 bits per heavy atom. The average molecular weight is 526 g/mol. The molecular weight excluding hydrogens is 507 g/mol. The molecule has 0 N–H and O–H groups in total. The highest BCUT2D eigenvalue weighted by molar-refractivity contribution is 7.99. The molecule has 34 heavy (non-hydrogen) atoms. The maximum atomic E-state index is 6.59. The molecule has 1 unspecified atom stereocenters. The molecule has 1 aromatic heterocycles. The van der Waals surface area contributed by atoms with Gasteiger partial charge in [-0.15, -0.1) is 11.8 Å². The van der Waals surface area contributed by atoms with Crippen LogP contribution in [0.2, 0.25) is 15.2 Å². The van der Waals surface area contributed by atoms with Crippen LogP contribution in [0.15, 0.2) is 94.9 Å². The van der Waals surface area contributed by atoms with Crippen molar-refractivity contribution in [1.82, 2.24) is 4.98 Å². The first kappa shape index (κ1) is 23.3. The van der Waals surface area contributed by atoms with Gasteiger partial charge in [0.05, 0.1) is 5.69 Å². The molecule has 0 aliphatic carbocycles. The Hall–Kier alpha value is -2.50. The smallest absolute Gasteiger partial charge is 0.129 e. The number of fused-ring (bicyclic) bond motifs is 1. The van der Waals surface area contributed by atoms with E-state index >= 15 is 0 Å². The number of nitrogens with zero attached hydrogens (tertiary/aromatic N) is 2. The fourth-order valence-corrected chi connectivity index (χ4v) is 5.99. The summed E-state index contributed by atoms with van der Waals surface area (Å²) in [6.07, 6.45) is 2.41. The second-order valence-electron chi connectivity index (χ2n) is 7.77. The topological polar surface area (TPSA) is 34.5 Å². The molecule has 2 heterocycles. The molecule has 5 rings (SSSR count). The van der Waals surface area contributed by atoms with Crippen molar-refractivity contribution in [3.63, 3.8) is 0 Å². The second kappa shape index (κ2) is 10.4. The first-order valence-electron chi connectivity index (χ1n) is 10.7. The minimum Gasteiger partial charge on any atom is -0.489 e. The van der Waals surface area contributed by atoms with Crippen LogP contribution in [0.5, 0.6) is 5.75 Å². The zero-order chi connectivity index (χ0) is 23.5. The van der Waals surface area contributed by atoms with E-state index in [0.717, 1.165) is 38.7 Å². The summed E-state index contributed by atoms with van der Waals surface area (Å²) in [7, 11) is 0. The summed E-state index contributed by atoms with van der Waals surface area (Å²) in [5, 5.41) is 1.85. The normalized spacial score (nSPS) is 15.3. The summed E-state index contributed by atoms with van der Waals surface area (Å²) in [4.78, 5) is 10.2. The SMILES string of the molecule is Clc1ccc(COc2ccc(C3=Nc4ccccc4SC(c4c(Cl)cccc4Cl)C3)cc2)cn1. The van der Waals surface area contributed by atoms with Crippen LogP contribution in [-0.4, -0.2) is 10.7 Å². The number of rotatable bonds is 5. The van der Waals surface area contributed by atoms with Crippen molar-refractivity contribution in [3.05, 3.63) is 117 Å². The highest BCUT2D eigenvalue weighted by Gasteiger charge is 2.26. The molecule has 0 amide bonds. The van der Waals surface area contributed by atoms with Gasteiger partial charge in [-0.05, 0) is 60.2 Å². The van der Waals surface area contributed by atoms with Crippen LogP contribution < -0.4 is 4.74 Å². The van der Waals surface area contributed by atoms with Crippen molar-refractivity contribution in [2.45, 2.75) is 23.2 Å². The summed E-state index contributed by atoms with van der Waals surface area (Å²) in [6.45, 7) is 0.418. The monoisotopic (exact) mass is 524 g/mol. The minimum absolute atomic E-state index is 0.0388. The highest BCUT2D eigenvalue weighted by Crippen LogP contribution is 2.49. The lowest BCUT2D eigenvalue weighted by atomic mass is 10.0. The van der Waals surface area contributed by atoms with E-state index in [2.05, 4.69) is 11.1 Å². The first-order chi connectivity index (χ1) is 16.6. The maximum Gasteiger partial charge on any atom is 0.129 e. The molecule has 1 aliphatic rings. The Kier molecular flexibility index (Phi) is 7.12. The van der Waals surface area contributed by atoms with Crippen LogP contribution in [0.3, 0.4) is 0 Å². The molecule has 4 aromatic rings. The standard InChI is InChI=1S/C27H19Cl3N2OS/c28-20-4-3-5-21(29)27(20)25-14-23(32-22-6-1-2-7-24(22)34-25)18-9-11-19(12-10-18)33-16-17-8-13-26(30)31-15-17/h1-13,15,25H,14,16H2. The molecule has 0 radical (unpaired) electrons. The predicted molar refractivity (Wildman–Crippen MR) is 142 cm³/mol. The molecular formula is C27H19Cl3N2OS. The molecule has 3 aromatic carbocycles. The average Bonchev–Trinajstić information content (AvgIpc) is 3.04. The van der Waals surface area contributed by atoms with Crippen LogP contribution in [0.1, 0.15) is 28.4 Å². The number of halogens is 3. The Labute approximate surface area is 217 Å². The van der Waals surface area contributed by atoms with Gasteiger partial charge in [-0.25, -0.2) is 4.98 Å². The van der Waals surface area contributed by atoms with Crippen molar-refractivity contribution < 1.29 is 4.74 Å². The third-order valence-electron chi connectivity index (χ3n) is 5.47. The van der Waals surface area contributed by atoms with Crippen molar-refractivity contribution in [1.29, 1.82) is 0 Å². The number of benzene rings is 3. The van der Waals surface area contributed by atoms with E-state index in [9.17, 15) is 0 Å². The van der Waals surface area contributed by atoms with E-state index in [4.69, 9.17) is 44.5 Å². The van der Waals surface area contributed by atoms with Crippen molar-refractivity contribution in [2.24, 2.45) is 4.99 Å². The minimum atomic E-state index is 0.0388. The van der Waals surface area contributed by atoms with Crippen LogP contribution in [0, 0.1) is 0 Å². The fraction of sp³-hybridized carbons (Fsp3) is 0.111. The first-order valence-corrected chi connectivity index (χ1v) is 12.7. The lowest BCUT2D eigenvalue weighted by Crippen LogP contribution is -2.06. The zero-order valence-electron chi connectivity index (χ0n) is 17.9. The molecule has 0 saturated heterocycles. The van der Waals surface area contributed by atoms with Crippen LogP contribution >= 0.6 is 46.6 Å². The number of thioether (sulfide) groups is 1. The fourth-order valence-electron chi connectivity index (χ4n) is 3.77. The van der Waals surface area contributed by atoms with Crippen LogP contribution in [0.25, 0.3) is 0 Å². The Morgan fingerprint density at radius 2 is 1.62 bits per heavy atom. The third kappa shape index (κ3) is 5.26. The predicted octanol–water partition coefficient (Wildman–Crippen LogP) is 8.98.